The zero-order valence-electron chi connectivity index (χ0n) is 12.6. The Balaban J connectivity index is 2.18. The zero-order valence-corrected chi connectivity index (χ0v) is 12.6. The monoisotopic (exact) mass is 288 g/mol. The second-order valence-corrected chi connectivity index (χ2v) is 5.03. The van der Waals surface area contributed by atoms with Gasteiger partial charge in [0.15, 0.2) is 5.69 Å². The summed E-state index contributed by atoms with van der Waals surface area (Å²) in [4.78, 5) is 16.0. The maximum atomic E-state index is 11.9. The maximum absolute atomic E-state index is 11.9. The van der Waals surface area contributed by atoms with Gasteiger partial charge in [-0.25, -0.2) is 9.48 Å². The molecule has 21 heavy (non-hydrogen) atoms. The van der Waals surface area contributed by atoms with Crippen LogP contribution in [0.4, 0.5) is 0 Å². The van der Waals surface area contributed by atoms with E-state index in [0.29, 0.717) is 18.8 Å². The molecule has 0 aliphatic heterocycles. The quantitative estimate of drug-likeness (QED) is 0.762. The van der Waals surface area contributed by atoms with Gasteiger partial charge in [-0.1, -0.05) is 25.1 Å². The molecule has 2 heterocycles. The Morgan fingerprint density at radius 3 is 2.86 bits per heavy atom. The normalized spacial score (nSPS) is 10.9. The average Bonchev–Trinajstić information content (AvgIpc) is 2.90. The summed E-state index contributed by atoms with van der Waals surface area (Å²) < 4.78 is 6.81. The molecule has 0 aliphatic carbocycles. The maximum Gasteiger partial charge on any atom is 0.360 e. The first kappa shape index (κ1) is 15.2. The highest BCUT2D eigenvalue weighted by Crippen LogP contribution is 2.19. The van der Waals surface area contributed by atoms with E-state index in [2.05, 4.69) is 15.3 Å². The molecular weight excluding hydrogens is 268 g/mol. The van der Waals surface area contributed by atoms with Crippen LogP contribution in [0.3, 0.4) is 0 Å². The third-order valence-corrected chi connectivity index (χ3v) is 3.12. The van der Waals surface area contributed by atoms with Crippen LogP contribution in [0.25, 0.3) is 0 Å². The van der Waals surface area contributed by atoms with Gasteiger partial charge in [0.05, 0.1) is 12.3 Å². The number of carbonyl (C=O) groups is 1. The van der Waals surface area contributed by atoms with E-state index in [1.54, 1.807) is 17.8 Å². The van der Waals surface area contributed by atoms with Crippen molar-refractivity contribution in [2.75, 3.05) is 6.61 Å². The molecule has 0 radical (unpaired) electrons. The van der Waals surface area contributed by atoms with Gasteiger partial charge in [-0.15, -0.1) is 5.10 Å². The molecule has 0 fully saturated rings. The van der Waals surface area contributed by atoms with Gasteiger partial charge in [0.2, 0.25) is 0 Å². The molecule has 6 heteroatoms. The van der Waals surface area contributed by atoms with Crippen LogP contribution < -0.4 is 0 Å². The predicted octanol–water partition coefficient (Wildman–Crippen LogP) is 2.22. The summed E-state index contributed by atoms with van der Waals surface area (Å²) in [5, 5.41) is 8.09. The molecule has 2 aromatic heterocycles. The summed E-state index contributed by atoms with van der Waals surface area (Å²) in [6.07, 6.45) is 4.37. The number of pyridine rings is 1. The SMILES string of the molecule is CCOC(=O)c1nnn(CCc2cccnc2)c1C(C)C. The molecule has 0 saturated heterocycles. The number of esters is 1. The first-order chi connectivity index (χ1) is 10.1. The second kappa shape index (κ2) is 6.97. The van der Waals surface area contributed by atoms with Gasteiger partial charge >= 0.3 is 5.97 Å². The molecule has 0 amide bonds. The molecule has 0 spiro atoms. The lowest BCUT2D eigenvalue weighted by Crippen LogP contribution is -2.13. The Kier molecular flexibility index (Phi) is 5.03. The highest BCUT2D eigenvalue weighted by Gasteiger charge is 2.22. The lowest BCUT2D eigenvalue weighted by molar-refractivity contribution is 0.0517. The van der Waals surface area contributed by atoms with E-state index in [-0.39, 0.29) is 5.92 Å². The Hall–Kier alpha value is -2.24. The standard InChI is InChI=1S/C15H20N4O2/c1-4-21-15(20)13-14(11(2)3)19(18-17-13)9-7-12-6-5-8-16-10-12/h5-6,8,10-11H,4,7,9H2,1-3H3. The van der Waals surface area contributed by atoms with Crippen molar-refractivity contribution in [2.45, 2.75) is 39.7 Å². The number of ether oxygens (including phenoxy) is 1. The van der Waals surface area contributed by atoms with Crippen molar-refractivity contribution in [3.63, 3.8) is 0 Å². The fraction of sp³-hybridized carbons (Fsp3) is 0.467. The van der Waals surface area contributed by atoms with Crippen molar-refractivity contribution in [1.82, 2.24) is 20.0 Å². The van der Waals surface area contributed by atoms with Crippen LogP contribution in [0.1, 0.15) is 48.4 Å². The molecule has 2 aromatic rings. The summed E-state index contributed by atoms with van der Waals surface area (Å²) >= 11 is 0. The van der Waals surface area contributed by atoms with Crippen molar-refractivity contribution >= 4 is 5.97 Å². The lowest BCUT2D eigenvalue weighted by atomic mass is 10.1. The fourth-order valence-electron chi connectivity index (χ4n) is 2.18. The van der Waals surface area contributed by atoms with E-state index in [1.165, 1.54) is 0 Å². The Morgan fingerprint density at radius 1 is 1.43 bits per heavy atom. The van der Waals surface area contributed by atoms with Crippen LogP contribution in [-0.2, 0) is 17.7 Å². The van der Waals surface area contributed by atoms with Crippen LogP contribution >= 0.6 is 0 Å². The van der Waals surface area contributed by atoms with Crippen LogP contribution in [0, 0.1) is 0 Å². The minimum atomic E-state index is -0.408. The number of aromatic nitrogens is 4. The molecule has 0 unspecified atom stereocenters. The molecule has 0 bridgehead atoms. The summed E-state index contributed by atoms with van der Waals surface area (Å²) in [5.74, 6) is -0.262. The van der Waals surface area contributed by atoms with Crippen molar-refractivity contribution < 1.29 is 9.53 Å². The molecule has 0 saturated carbocycles. The van der Waals surface area contributed by atoms with Crippen molar-refractivity contribution in [2.24, 2.45) is 0 Å². The van der Waals surface area contributed by atoms with Gasteiger partial charge in [0.25, 0.3) is 0 Å². The fourth-order valence-corrected chi connectivity index (χ4v) is 2.18. The van der Waals surface area contributed by atoms with E-state index in [0.717, 1.165) is 17.7 Å². The molecule has 0 atom stereocenters. The number of aryl methyl sites for hydroxylation is 2. The van der Waals surface area contributed by atoms with Gasteiger partial charge in [0.1, 0.15) is 0 Å². The van der Waals surface area contributed by atoms with Crippen molar-refractivity contribution in [3.8, 4) is 0 Å². The molecule has 0 aromatic carbocycles. The highest BCUT2D eigenvalue weighted by molar-refractivity contribution is 5.88. The van der Waals surface area contributed by atoms with E-state index in [9.17, 15) is 4.79 Å². The third-order valence-electron chi connectivity index (χ3n) is 3.12. The first-order valence-electron chi connectivity index (χ1n) is 7.12. The van der Waals surface area contributed by atoms with Crippen molar-refractivity contribution in [1.29, 1.82) is 0 Å². The molecule has 2 rings (SSSR count). The van der Waals surface area contributed by atoms with Gasteiger partial charge < -0.3 is 4.74 Å². The van der Waals surface area contributed by atoms with Crippen LogP contribution in [0.15, 0.2) is 24.5 Å². The number of nitrogens with zero attached hydrogens (tertiary/aromatic N) is 4. The number of rotatable bonds is 6. The van der Waals surface area contributed by atoms with Gasteiger partial charge in [0, 0.05) is 18.9 Å². The number of hydrogen-bond acceptors (Lipinski definition) is 5. The minimum absolute atomic E-state index is 0.147. The number of hydrogen-bond donors (Lipinski definition) is 0. The topological polar surface area (TPSA) is 69.9 Å². The lowest BCUT2D eigenvalue weighted by Gasteiger charge is -2.10. The van der Waals surface area contributed by atoms with E-state index >= 15 is 0 Å². The molecule has 0 aliphatic rings. The van der Waals surface area contributed by atoms with Gasteiger partial charge in [-0.05, 0) is 30.9 Å². The van der Waals surface area contributed by atoms with Gasteiger partial charge in [-0.2, -0.15) is 0 Å². The Bertz CT molecular complexity index is 593. The zero-order chi connectivity index (χ0) is 15.2. The van der Waals surface area contributed by atoms with Crippen molar-refractivity contribution in [3.05, 3.63) is 41.5 Å². The summed E-state index contributed by atoms with van der Waals surface area (Å²) in [5.41, 5.74) is 2.26. The van der Waals surface area contributed by atoms with Crippen LogP contribution in [0.5, 0.6) is 0 Å². The Morgan fingerprint density at radius 2 is 2.24 bits per heavy atom. The Labute approximate surface area is 124 Å². The molecule has 112 valence electrons. The minimum Gasteiger partial charge on any atom is -0.461 e. The molecule has 0 N–H and O–H groups in total. The summed E-state index contributed by atoms with van der Waals surface area (Å²) in [6, 6.07) is 3.93. The predicted molar refractivity (Wildman–Crippen MR) is 78.0 cm³/mol. The largest absolute Gasteiger partial charge is 0.461 e. The number of carbonyl (C=O) groups excluding carboxylic acids is 1. The van der Waals surface area contributed by atoms with Crippen LogP contribution in [-0.4, -0.2) is 32.6 Å². The second-order valence-electron chi connectivity index (χ2n) is 5.03. The highest BCUT2D eigenvalue weighted by atomic mass is 16.5. The van der Waals surface area contributed by atoms with Crippen LogP contribution in [0.2, 0.25) is 0 Å². The van der Waals surface area contributed by atoms with E-state index in [4.69, 9.17) is 4.74 Å². The smallest absolute Gasteiger partial charge is 0.360 e. The van der Waals surface area contributed by atoms with E-state index in [1.807, 2.05) is 32.2 Å². The van der Waals surface area contributed by atoms with Gasteiger partial charge in [-0.3, -0.25) is 4.98 Å². The summed E-state index contributed by atoms with van der Waals surface area (Å²) in [7, 11) is 0. The summed E-state index contributed by atoms with van der Waals surface area (Å²) in [6.45, 7) is 6.80. The van der Waals surface area contributed by atoms with E-state index < -0.39 is 5.97 Å². The molecular formula is C15H20N4O2. The molecule has 6 nitrogen and oxygen atoms in total. The average molecular weight is 288 g/mol. The third kappa shape index (κ3) is 3.65. The first-order valence-corrected chi connectivity index (χ1v) is 7.12.